The summed E-state index contributed by atoms with van der Waals surface area (Å²) in [5.74, 6) is -0.555. The molecule has 0 bridgehead atoms. The van der Waals surface area contributed by atoms with E-state index in [1.54, 1.807) is 24.3 Å². The van der Waals surface area contributed by atoms with Gasteiger partial charge in [0, 0.05) is 11.8 Å². The third-order valence-electron chi connectivity index (χ3n) is 5.18. The van der Waals surface area contributed by atoms with Crippen molar-refractivity contribution in [3.05, 3.63) is 48.0 Å². The van der Waals surface area contributed by atoms with Crippen LogP contribution in [0.4, 0.5) is 14.5 Å². The molecular weight excluding hydrogens is 432 g/mol. The normalized spacial score (nSPS) is 18.7. The lowest BCUT2D eigenvalue weighted by Crippen LogP contribution is -3.15. The summed E-state index contributed by atoms with van der Waals surface area (Å²) in [5.41, 5.74) is 1.29. The molecule has 4 rings (SSSR count). The van der Waals surface area contributed by atoms with Crippen molar-refractivity contribution in [3.8, 4) is 11.5 Å². The van der Waals surface area contributed by atoms with Gasteiger partial charge in [0.1, 0.15) is 0 Å². The predicted molar refractivity (Wildman–Crippen MR) is 107 cm³/mol. The number of aryl methyl sites for hydroxylation is 1. The number of piperazine rings is 1. The molecule has 31 heavy (non-hydrogen) atoms. The van der Waals surface area contributed by atoms with E-state index in [0.717, 1.165) is 10.5 Å². The standard InChI is InChI=1S/C20H21F2N3O5S/c1-14-2-5-16(6-3-14)31(27,28)25-10-8-24(9-11-25)13-19(26)23-15-4-7-17-18(12-15)30-20(21,22)29-17/h2-7,12H,8-11,13H2,1H3,(H,23,26)/p+1. The maximum Gasteiger partial charge on any atom is 0.586 e. The summed E-state index contributed by atoms with van der Waals surface area (Å²) in [6.07, 6.45) is -3.71. The topological polar surface area (TPSA) is 89.4 Å². The van der Waals surface area contributed by atoms with Crippen LogP contribution in [0, 0.1) is 6.92 Å². The molecule has 2 aromatic carbocycles. The third kappa shape index (κ3) is 4.78. The number of carbonyl (C=O) groups is 1. The zero-order valence-electron chi connectivity index (χ0n) is 16.7. The van der Waals surface area contributed by atoms with Gasteiger partial charge in [-0.05, 0) is 31.2 Å². The minimum atomic E-state index is -3.71. The van der Waals surface area contributed by atoms with Crippen molar-refractivity contribution in [2.24, 2.45) is 0 Å². The number of hydrogen-bond acceptors (Lipinski definition) is 5. The highest BCUT2D eigenvalue weighted by Crippen LogP contribution is 2.42. The van der Waals surface area contributed by atoms with E-state index in [2.05, 4.69) is 14.8 Å². The van der Waals surface area contributed by atoms with Gasteiger partial charge >= 0.3 is 6.29 Å². The van der Waals surface area contributed by atoms with Crippen LogP contribution in [0.15, 0.2) is 47.4 Å². The minimum absolute atomic E-state index is 0.0977. The number of quaternary nitrogens is 1. The molecule has 1 saturated heterocycles. The van der Waals surface area contributed by atoms with Crippen LogP contribution in [0.1, 0.15) is 5.56 Å². The maximum absolute atomic E-state index is 13.1. The van der Waals surface area contributed by atoms with Gasteiger partial charge in [-0.3, -0.25) is 4.79 Å². The number of anilines is 1. The first-order chi connectivity index (χ1) is 14.6. The number of alkyl halides is 2. The number of nitrogens with one attached hydrogen (secondary N) is 2. The smallest absolute Gasteiger partial charge is 0.395 e. The van der Waals surface area contributed by atoms with Crippen LogP contribution in [0.25, 0.3) is 0 Å². The van der Waals surface area contributed by atoms with Crippen molar-refractivity contribution in [2.75, 3.05) is 38.0 Å². The fourth-order valence-corrected chi connectivity index (χ4v) is 4.98. The molecule has 0 spiro atoms. The molecule has 1 fully saturated rings. The molecule has 0 aromatic heterocycles. The number of hydrogen-bond donors (Lipinski definition) is 2. The Bertz CT molecular complexity index is 1080. The molecule has 11 heteroatoms. The number of halogens is 2. The maximum atomic E-state index is 13.1. The third-order valence-corrected chi connectivity index (χ3v) is 7.10. The Balaban J connectivity index is 1.30. The average molecular weight is 454 g/mol. The molecule has 2 aromatic rings. The van der Waals surface area contributed by atoms with E-state index in [4.69, 9.17) is 0 Å². The summed E-state index contributed by atoms with van der Waals surface area (Å²) in [6.45, 7) is 3.58. The molecule has 0 atom stereocenters. The van der Waals surface area contributed by atoms with Gasteiger partial charge in [-0.1, -0.05) is 17.7 Å². The van der Waals surface area contributed by atoms with Crippen LogP contribution < -0.4 is 19.7 Å². The van der Waals surface area contributed by atoms with E-state index in [9.17, 15) is 22.0 Å². The number of rotatable bonds is 5. The monoisotopic (exact) mass is 454 g/mol. The molecule has 2 heterocycles. The summed E-state index contributed by atoms with van der Waals surface area (Å²) in [7, 11) is -3.56. The highest BCUT2D eigenvalue weighted by molar-refractivity contribution is 7.89. The minimum Gasteiger partial charge on any atom is -0.395 e. The first-order valence-electron chi connectivity index (χ1n) is 9.72. The van der Waals surface area contributed by atoms with E-state index in [1.165, 1.54) is 22.5 Å². The Morgan fingerprint density at radius 2 is 1.74 bits per heavy atom. The van der Waals surface area contributed by atoms with E-state index < -0.39 is 16.3 Å². The Labute approximate surface area is 178 Å². The fourth-order valence-electron chi connectivity index (χ4n) is 3.54. The van der Waals surface area contributed by atoms with Gasteiger partial charge in [0.2, 0.25) is 10.0 Å². The number of fused-ring (bicyclic) bond motifs is 1. The summed E-state index contributed by atoms with van der Waals surface area (Å²) < 4.78 is 61.9. The second-order valence-corrected chi connectivity index (χ2v) is 9.46. The predicted octanol–water partition coefficient (Wildman–Crippen LogP) is 0.844. The van der Waals surface area contributed by atoms with Gasteiger partial charge < -0.3 is 19.7 Å². The van der Waals surface area contributed by atoms with Crippen molar-refractivity contribution < 1.29 is 36.4 Å². The Morgan fingerprint density at radius 3 is 2.42 bits per heavy atom. The van der Waals surface area contributed by atoms with Crippen molar-refractivity contribution in [1.82, 2.24) is 4.31 Å². The van der Waals surface area contributed by atoms with E-state index in [-0.39, 0.29) is 28.8 Å². The largest absolute Gasteiger partial charge is 0.586 e. The van der Waals surface area contributed by atoms with Crippen LogP contribution in [-0.4, -0.2) is 57.6 Å². The zero-order valence-corrected chi connectivity index (χ0v) is 17.5. The highest BCUT2D eigenvalue weighted by Gasteiger charge is 2.43. The highest BCUT2D eigenvalue weighted by atomic mass is 32.2. The number of sulfonamides is 1. The molecule has 0 aliphatic carbocycles. The molecule has 0 unspecified atom stereocenters. The first-order valence-corrected chi connectivity index (χ1v) is 11.2. The van der Waals surface area contributed by atoms with E-state index in [0.29, 0.717) is 31.9 Å². The SMILES string of the molecule is Cc1ccc(S(=O)(=O)N2CC[NH+](CC(=O)Nc3ccc4c(c3)OC(F)(F)O4)CC2)cc1. The van der Waals surface area contributed by atoms with Crippen molar-refractivity contribution >= 4 is 21.6 Å². The summed E-state index contributed by atoms with van der Waals surface area (Å²) in [5, 5.41) is 2.65. The van der Waals surface area contributed by atoms with Crippen LogP contribution in [0.2, 0.25) is 0 Å². The van der Waals surface area contributed by atoms with Gasteiger partial charge in [0.25, 0.3) is 5.91 Å². The molecule has 1 amide bonds. The summed E-state index contributed by atoms with van der Waals surface area (Å²) in [6, 6.07) is 10.7. The van der Waals surface area contributed by atoms with Crippen molar-refractivity contribution in [2.45, 2.75) is 18.1 Å². The molecule has 2 aliphatic rings. The first kappa shape index (κ1) is 21.5. The molecular formula is C20H22F2N3O5S+. The summed E-state index contributed by atoms with van der Waals surface area (Å²) in [4.78, 5) is 13.5. The van der Waals surface area contributed by atoms with Crippen LogP contribution in [0.5, 0.6) is 11.5 Å². The molecule has 0 saturated carbocycles. The number of benzene rings is 2. The number of carbonyl (C=O) groups excluding carboxylic acids is 1. The van der Waals surface area contributed by atoms with Crippen LogP contribution in [-0.2, 0) is 14.8 Å². The molecule has 2 N–H and O–H groups in total. The van der Waals surface area contributed by atoms with Gasteiger partial charge in [-0.15, -0.1) is 8.78 Å². The lowest BCUT2D eigenvalue weighted by atomic mass is 10.2. The van der Waals surface area contributed by atoms with E-state index >= 15 is 0 Å². The zero-order chi connectivity index (χ0) is 22.2. The molecule has 166 valence electrons. The van der Waals surface area contributed by atoms with Gasteiger partial charge in [-0.25, -0.2) is 8.42 Å². The van der Waals surface area contributed by atoms with Crippen LogP contribution >= 0.6 is 0 Å². The van der Waals surface area contributed by atoms with Gasteiger partial charge in [-0.2, -0.15) is 4.31 Å². The molecule has 2 aliphatic heterocycles. The lowest BCUT2D eigenvalue weighted by Gasteiger charge is -2.31. The Kier molecular flexibility index (Phi) is 5.58. The lowest BCUT2D eigenvalue weighted by molar-refractivity contribution is -0.895. The average Bonchev–Trinajstić information content (AvgIpc) is 3.01. The number of nitrogens with zero attached hydrogens (tertiary/aromatic N) is 1. The van der Waals surface area contributed by atoms with Crippen molar-refractivity contribution in [3.63, 3.8) is 0 Å². The van der Waals surface area contributed by atoms with Gasteiger partial charge in [0.05, 0.1) is 31.1 Å². The number of ether oxygens (including phenoxy) is 2. The fraction of sp³-hybridized carbons (Fsp3) is 0.350. The molecule has 0 radical (unpaired) electrons. The van der Waals surface area contributed by atoms with Gasteiger partial charge in [0.15, 0.2) is 18.0 Å². The Hall–Kier alpha value is -2.76. The molecule has 8 nitrogen and oxygen atoms in total. The van der Waals surface area contributed by atoms with Crippen LogP contribution in [0.3, 0.4) is 0 Å². The quantitative estimate of drug-likeness (QED) is 0.699. The number of amides is 1. The second-order valence-electron chi connectivity index (χ2n) is 7.52. The van der Waals surface area contributed by atoms with E-state index in [1.807, 2.05) is 6.92 Å². The second kappa shape index (κ2) is 8.06. The Morgan fingerprint density at radius 1 is 1.10 bits per heavy atom. The van der Waals surface area contributed by atoms with Crippen molar-refractivity contribution in [1.29, 1.82) is 0 Å². The summed E-state index contributed by atoms with van der Waals surface area (Å²) >= 11 is 0.